The topological polar surface area (TPSA) is 62.3 Å². The maximum absolute atomic E-state index is 12.0. The molecule has 25 heavy (non-hydrogen) atoms. The minimum atomic E-state index is -0.0652. The van der Waals surface area contributed by atoms with E-state index in [0.717, 1.165) is 29.4 Å². The molecule has 1 aliphatic rings. The van der Waals surface area contributed by atoms with Crippen LogP contribution in [0.2, 0.25) is 5.02 Å². The van der Waals surface area contributed by atoms with Crippen molar-refractivity contribution in [2.45, 2.75) is 24.3 Å². The number of aromatic nitrogens is 1. The summed E-state index contributed by atoms with van der Waals surface area (Å²) in [4.78, 5) is 29.7. The number of carbonyl (C=O) groups excluding carboxylic acids is 2. The van der Waals surface area contributed by atoms with E-state index in [2.05, 4.69) is 10.3 Å². The second-order valence-corrected chi connectivity index (χ2v) is 7.12. The molecule has 1 saturated heterocycles. The Morgan fingerprint density at radius 3 is 2.76 bits per heavy atom. The number of rotatable bonds is 6. The number of halogens is 1. The molecular formula is C18H18ClN3O2S. The Kier molecular flexibility index (Phi) is 5.94. The van der Waals surface area contributed by atoms with Gasteiger partial charge in [-0.2, -0.15) is 0 Å². The lowest BCUT2D eigenvalue weighted by Gasteiger charge is -2.16. The summed E-state index contributed by atoms with van der Waals surface area (Å²) in [5.41, 5.74) is 1.60. The van der Waals surface area contributed by atoms with Crippen molar-refractivity contribution in [2.75, 3.05) is 22.5 Å². The van der Waals surface area contributed by atoms with Crippen molar-refractivity contribution in [1.82, 2.24) is 4.98 Å². The molecule has 2 amide bonds. The van der Waals surface area contributed by atoms with Gasteiger partial charge < -0.3 is 10.2 Å². The van der Waals surface area contributed by atoms with E-state index in [0.29, 0.717) is 23.6 Å². The second kappa shape index (κ2) is 8.36. The first-order valence-electron chi connectivity index (χ1n) is 8.07. The van der Waals surface area contributed by atoms with Crippen LogP contribution in [0.15, 0.2) is 47.6 Å². The van der Waals surface area contributed by atoms with Gasteiger partial charge in [-0.1, -0.05) is 11.6 Å². The molecule has 0 spiro atoms. The molecule has 0 saturated carbocycles. The average molecular weight is 376 g/mol. The van der Waals surface area contributed by atoms with Crippen LogP contribution in [-0.4, -0.2) is 29.1 Å². The van der Waals surface area contributed by atoms with Crippen molar-refractivity contribution < 1.29 is 9.59 Å². The van der Waals surface area contributed by atoms with Crippen LogP contribution in [-0.2, 0) is 9.59 Å². The minimum absolute atomic E-state index is 0.0652. The normalized spacial score (nSPS) is 14.0. The van der Waals surface area contributed by atoms with E-state index in [1.54, 1.807) is 23.2 Å². The molecule has 2 aromatic rings. The molecule has 1 fully saturated rings. The van der Waals surface area contributed by atoms with E-state index in [-0.39, 0.29) is 11.8 Å². The number of benzene rings is 1. The molecule has 1 aromatic heterocycles. The molecule has 0 unspecified atom stereocenters. The fourth-order valence-electron chi connectivity index (χ4n) is 2.59. The zero-order valence-electron chi connectivity index (χ0n) is 13.6. The standard InChI is InChI=1S/C18H18ClN3O2S/c19-15-3-1-10-20-18(15)25-12-9-16(23)21-13-5-7-14(8-6-13)22-11-2-4-17(22)24/h1,3,5-8,10H,2,4,9,11-12H2,(H,21,23). The highest BCUT2D eigenvalue weighted by molar-refractivity contribution is 7.99. The van der Waals surface area contributed by atoms with E-state index in [4.69, 9.17) is 11.6 Å². The predicted octanol–water partition coefficient (Wildman–Crippen LogP) is 3.98. The third kappa shape index (κ3) is 4.74. The lowest BCUT2D eigenvalue weighted by Crippen LogP contribution is -2.23. The lowest BCUT2D eigenvalue weighted by molar-refractivity contribution is -0.117. The zero-order valence-corrected chi connectivity index (χ0v) is 15.1. The number of nitrogens with zero attached hydrogens (tertiary/aromatic N) is 2. The van der Waals surface area contributed by atoms with Gasteiger partial charge in [0.15, 0.2) is 0 Å². The maximum atomic E-state index is 12.0. The Morgan fingerprint density at radius 2 is 2.08 bits per heavy atom. The monoisotopic (exact) mass is 375 g/mol. The lowest BCUT2D eigenvalue weighted by atomic mass is 10.2. The predicted molar refractivity (Wildman–Crippen MR) is 101 cm³/mol. The fraction of sp³-hybridized carbons (Fsp3) is 0.278. The molecule has 0 aliphatic carbocycles. The number of thioether (sulfide) groups is 1. The first-order valence-corrected chi connectivity index (χ1v) is 9.43. The SMILES string of the molecule is O=C(CCSc1ncccc1Cl)Nc1ccc(N2CCCC2=O)cc1. The summed E-state index contributed by atoms with van der Waals surface area (Å²) >= 11 is 7.49. The van der Waals surface area contributed by atoms with Gasteiger partial charge >= 0.3 is 0 Å². The number of pyridine rings is 1. The Labute approximate surface area is 155 Å². The van der Waals surface area contributed by atoms with Crippen molar-refractivity contribution in [1.29, 1.82) is 0 Å². The van der Waals surface area contributed by atoms with Crippen LogP contribution in [0.5, 0.6) is 0 Å². The van der Waals surface area contributed by atoms with Gasteiger partial charge in [-0.3, -0.25) is 9.59 Å². The third-order valence-corrected chi connectivity index (χ3v) is 5.25. The highest BCUT2D eigenvalue weighted by Gasteiger charge is 2.21. The van der Waals surface area contributed by atoms with Crippen molar-refractivity contribution >= 4 is 46.6 Å². The van der Waals surface area contributed by atoms with Gasteiger partial charge in [-0.05, 0) is 42.8 Å². The smallest absolute Gasteiger partial charge is 0.227 e. The van der Waals surface area contributed by atoms with E-state index < -0.39 is 0 Å². The molecule has 0 bridgehead atoms. The molecule has 130 valence electrons. The quantitative estimate of drug-likeness (QED) is 0.775. The molecule has 2 heterocycles. The number of carbonyl (C=O) groups is 2. The van der Waals surface area contributed by atoms with Gasteiger partial charge in [0.25, 0.3) is 0 Å². The Balaban J connectivity index is 1.48. The summed E-state index contributed by atoms with van der Waals surface area (Å²) in [5.74, 6) is 0.690. The summed E-state index contributed by atoms with van der Waals surface area (Å²) in [6.07, 6.45) is 3.55. The van der Waals surface area contributed by atoms with Crippen molar-refractivity contribution in [2.24, 2.45) is 0 Å². The van der Waals surface area contributed by atoms with Gasteiger partial charge in [0.05, 0.1) is 5.02 Å². The highest BCUT2D eigenvalue weighted by Crippen LogP contribution is 2.25. The maximum Gasteiger partial charge on any atom is 0.227 e. The van der Waals surface area contributed by atoms with E-state index in [1.165, 1.54) is 11.8 Å². The summed E-state index contributed by atoms with van der Waals surface area (Å²) in [7, 11) is 0. The molecule has 5 nitrogen and oxygen atoms in total. The van der Waals surface area contributed by atoms with Crippen molar-refractivity contribution in [3.8, 4) is 0 Å². The number of hydrogen-bond acceptors (Lipinski definition) is 4. The molecule has 7 heteroatoms. The van der Waals surface area contributed by atoms with Crippen LogP contribution >= 0.6 is 23.4 Å². The molecule has 1 aromatic carbocycles. The molecule has 0 radical (unpaired) electrons. The van der Waals surface area contributed by atoms with Gasteiger partial charge in [0.1, 0.15) is 5.03 Å². The Bertz CT molecular complexity index is 767. The average Bonchev–Trinajstić information content (AvgIpc) is 3.03. The van der Waals surface area contributed by atoms with Gasteiger partial charge in [0, 0.05) is 42.7 Å². The first-order chi connectivity index (χ1) is 12.1. The highest BCUT2D eigenvalue weighted by atomic mass is 35.5. The van der Waals surface area contributed by atoms with Gasteiger partial charge in [-0.15, -0.1) is 11.8 Å². The van der Waals surface area contributed by atoms with Crippen LogP contribution in [0.1, 0.15) is 19.3 Å². The van der Waals surface area contributed by atoms with Crippen molar-refractivity contribution in [3.63, 3.8) is 0 Å². The number of hydrogen-bond donors (Lipinski definition) is 1. The van der Waals surface area contributed by atoms with E-state index >= 15 is 0 Å². The molecule has 0 atom stereocenters. The number of nitrogens with one attached hydrogen (secondary N) is 1. The summed E-state index contributed by atoms with van der Waals surface area (Å²) in [6, 6.07) is 10.9. The molecule has 1 N–H and O–H groups in total. The summed E-state index contributed by atoms with van der Waals surface area (Å²) in [6.45, 7) is 0.762. The van der Waals surface area contributed by atoms with Crippen LogP contribution in [0, 0.1) is 0 Å². The van der Waals surface area contributed by atoms with Crippen molar-refractivity contribution in [3.05, 3.63) is 47.6 Å². The van der Waals surface area contributed by atoms with Crippen LogP contribution in [0.3, 0.4) is 0 Å². The van der Waals surface area contributed by atoms with E-state index in [1.807, 2.05) is 24.3 Å². The third-order valence-electron chi connectivity index (χ3n) is 3.83. The Hall–Kier alpha value is -2.05. The summed E-state index contributed by atoms with van der Waals surface area (Å²) < 4.78 is 0. The molecule has 3 rings (SSSR count). The van der Waals surface area contributed by atoms with Gasteiger partial charge in [-0.25, -0.2) is 4.98 Å². The fourth-order valence-corrected chi connectivity index (χ4v) is 3.69. The largest absolute Gasteiger partial charge is 0.326 e. The number of amides is 2. The van der Waals surface area contributed by atoms with Crippen LogP contribution in [0.25, 0.3) is 0 Å². The van der Waals surface area contributed by atoms with E-state index in [9.17, 15) is 9.59 Å². The molecule has 1 aliphatic heterocycles. The minimum Gasteiger partial charge on any atom is -0.326 e. The summed E-state index contributed by atoms with van der Waals surface area (Å²) in [5, 5.41) is 4.19. The zero-order chi connectivity index (χ0) is 17.6. The molecular weight excluding hydrogens is 358 g/mol. The van der Waals surface area contributed by atoms with Crippen LogP contribution < -0.4 is 10.2 Å². The van der Waals surface area contributed by atoms with Crippen LogP contribution in [0.4, 0.5) is 11.4 Å². The Morgan fingerprint density at radius 1 is 1.28 bits per heavy atom. The first kappa shape index (κ1) is 17.8. The van der Waals surface area contributed by atoms with Gasteiger partial charge in [0.2, 0.25) is 11.8 Å². The second-order valence-electron chi connectivity index (χ2n) is 5.63. The number of anilines is 2.